The lowest BCUT2D eigenvalue weighted by Crippen LogP contribution is -2.51. The maximum Gasteiger partial charge on any atom is 0.329 e. The Labute approximate surface area is 118 Å². The van der Waals surface area contributed by atoms with Crippen molar-refractivity contribution in [1.29, 1.82) is 0 Å². The quantitative estimate of drug-likeness (QED) is 0.888. The molecule has 1 atom stereocenters. The van der Waals surface area contributed by atoms with Crippen LogP contribution in [0.2, 0.25) is 0 Å². The second kappa shape index (κ2) is 5.64. The lowest BCUT2D eigenvalue weighted by molar-refractivity contribution is -0.143. The highest BCUT2D eigenvalue weighted by Gasteiger charge is 2.47. The van der Waals surface area contributed by atoms with Crippen LogP contribution in [0.4, 0.5) is 5.95 Å². The summed E-state index contributed by atoms with van der Waals surface area (Å²) in [4.78, 5) is 22.3. The fourth-order valence-electron chi connectivity index (χ4n) is 2.78. The number of carboxylic acids is 1. The zero-order valence-corrected chi connectivity index (χ0v) is 12.2. The van der Waals surface area contributed by atoms with Crippen molar-refractivity contribution < 1.29 is 14.6 Å². The smallest absolute Gasteiger partial charge is 0.329 e. The molecule has 20 heavy (non-hydrogen) atoms. The van der Waals surface area contributed by atoms with Crippen molar-refractivity contribution in [3.63, 3.8) is 0 Å². The molecule has 1 fully saturated rings. The van der Waals surface area contributed by atoms with Crippen LogP contribution in [-0.2, 0) is 4.79 Å². The monoisotopic (exact) mass is 279 g/mol. The number of rotatable bonds is 5. The Bertz CT molecular complexity index is 506. The lowest BCUT2D eigenvalue weighted by atomic mass is 9.93. The van der Waals surface area contributed by atoms with Gasteiger partial charge in [0.25, 0.3) is 0 Å². The summed E-state index contributed by atoms with van der Waals surface area (Å²) in [6.07, 6.45) is 1.99. The maximum atomic E-state index is 11.7. The Kier molecular flexibility index (Phi) is 4.11. The summed E-state index contributed by atoms with van der Waals surface area (Å²) in [6, 6.07) is 1.76. The van der Waals surface area contributed by atoms with Gasteiger partial charge < -0.3 is 14.7 Å². The van der Waals surface area contributed by atoms with Crippen LogP contribution in [-0.4, -0.2) is 39.7 Å². The van der Waals surface area contributed by atoms with Gasteiger partial charge in [0.2, 0.25) is 11.8 Å². The molecule has 1 aromatic rings. The summed E-state index contributed by atoms with van der Waals surface area (Å²) in [5.74, 6) is 0.146. The molecule has 2 rings (SSSR count). The first-order valence-electron chi connectivity index (χ1n) is 7.03. The second-order valence-corrected chi connectivity index (χ2v) is 5.03. The lowest BCUT2D eigenvalue weighted by Gasteiger charge is -2.34. The van der Waals surface area contributed by atoms with Crippen LogP contribution >= 0.6 is 0 Å². The van der Waals surface area contributed by atoms with Crippen LogP contribution in [0.5, 0.6) is 5.88 Å². The van der Waals surface area contributed by atoms with Crippen molar-refractivity contribution in [2.75, 3.05) is 18.1 Å². The highest BCUT2D eigenvalue weighted by Crippen LogP contribution is 2.36. The summed E-state index contributed by atoms with van der Waals surface area (Å²) < 4.78 is 5.42. The van der Waals surface area contributed by atoms with Crippen LogP contribution in [0.1, 0.15) is 38.8 Å². The molecule has 0 spiro atoms. The number of aromatic nitrogens is 2. The van der Waals surface area contributed by atoms with E-state index in [2.05, 4.69) is 9.97 Å². The maximum absolute atomic E-state index is 11.7. The molecule has 1 aromatic heterocycles. The molecule has 110 valence electrons. The average Bonchev–Trinajstić information content (AvgIpc) is 2.83. The van der Waals surface area contributed by atoms with E-state index in [1.807, 2.05) is 25.7 Å². The molecule has 0 bridgehead atoms. The Morgan fingerprint density at radius 3 is 2.85 bits per heavy atom. The topological polar surface area (TPSA) is 75.5 Å². The number of aryl methyl sites for hydroxylation is 1. The van der Waals surface area contributed by atoms with Crippen LogP contribution in [0.25, 0.3) is 0 Å². The third kappa shape index (κ3) is 2.42. The second-order valence-electron chi connectivity index (χ2n) is 5.03. The van der Waals surface area contributed by atoms with Gasteiger partial charge in [-0.2, -0.15) is 4.98 Å². The normalized spacial score (nSPS) is 22.1. The number of carbonyl (C=O) groups is 1. The van der Waals surface area contributed by atoms with Crippen molar-refractivity contribution in [2.45, 2.75) is 45.6 Å². The van der Waals surface area contributed by atoms with E-state index in [9.17, 15) is 9.90 Å². The summed E-state index contributed by atoms with van der Waals surface area (Å²) in [5, 5.41) is 9.61. The summed E-state index contributed by atoms with van der Waals surface area (Å²) in [6.45, 7) is 6.83. The van der Waals surface area contributed by atoms with Gasteiger partial charge in [0.05, 0.1) is 6.61 Å². The molecule has 2 heterocycles. The van der Waals surface area contributed by atoms with E-state index in [1.165, 1.54) is 0 Å². The van der Waals surface area contributed by atoms with E-state index < -0.39 is 11.5 Å². The van der Waals surface area contributed by atoms with E-state index in [1.54, 1.807) is 6.07 Å². The van der Waals surface area contributed by atoms with Crippen molar-refractivity contribution in [1.82, 2.24) is 9.97 Å². The van der Waals surface area contributed by atoms with Gasteiger partial charge in [0, 0.05) is 18.3 Å². The molecule has 0 amide bonds. The van der Waals surface area contributed by atoms with E-state index in [0.717, 1.165) is 12.1 Å². The Morgan fingerprint density at radius 1 is 1.50 bits per heavy atom. The predicted octanol–water partition coefficient (Wildman–Crippen LogP) is 2.02. The Morgan fingerprint density at radius 2 is 2.25 bits per heavy atom. The van der Waals surface area contributed by atoms with E-state index in [0.29, 0.717) is 37.8 Å². The number of hydrogen-bond donors (Lipinski definition) is 1. The SMILES string of the molecule is CCOc1cc(C)nc(N2CCCC2(CC)C(=O)O)n1. The minimum Gasteiger partial charge on any atom is -0.479 e. The number of carboxylic acid groups (broad SMARTS) is 1. The molecule has 1 aliphatic rings. The molecule has 6 nitrogen and oxygen atoms in total. The van der Waals surface area contributed by atoms with E-state index in [4.69, 9.17) is 4.74 Å². The minimum absolute atomic E-state index is 0.454. The largest absolute Gasteiger partial charge is 0.479 e. The molecule has 0 saturated carbocycles. The van der Waals surface area contributed by atoms with Gasteiger partial charge in [-0.1, -0.05) is 6.92 Å². The highest BCUT2D eigenvalue weighted by molar-refractivity contribution is 5.83. The summed E-state index contributed by atoms with van der Waals surface area (Å²) >= 11 is 0. The fraction of sp³-hybridized carbons (Fsp3) is 0.643. The predicted molar refractivity (Wildman–Crippen MR) is 75.2 cm³/mol. The fourth-order valence-corrected chi connectivity index (χ4v) is 2.78. The number of anilines is 1. The van der Waals surface area contributed by atoms with Crippen molar-refractivity contribution in [2.24, 2.45) is 0 Å². The zero-order chi connectivity index (χ0) is 14.8. The number of aliphatic carboxylic acids is 1. The molecule has 1 aliphatic heterocycles. The van der Waals surface area contributed by atoms with Crippen molar-refractivity contribution in [3.05, 3.63) is 11.8 Å². The minimum atomic E-state index is -0.892. The van der Waals surface area contributed by atoms with Crippen LogP contribution in [0.15, 0.2) is 6.07 Å². The van der Waals surface area contributed by atoms with Crippen LogP contribution in [0.3, 0.4) is 0 Å². The first kappa shape index (κ1) is 14.6. The van der Waals surface area contributed by atoms with Gasteiger partial charge in [-0.3, -0.25) is 0 Å². The molecule has 0 radical (unpaired) electrons. The molecule has 0 aliphatic carbocycles. The number of hydrogen-bond acceptors (Lipinski definition) is 5. The molecule has 6 heteroatoms. The van der Waals surface area contributed by atoms with Gasteiger partial charge in [-0.15, -0.1) is 0 Å². The average molecular weight is 279 g/mol. The number of nitrogens with zero attached hydrogens (tertiary/aromatic N) is 3. The first-order valence-corrected chi connectivity index (χ1v) is 7.03. The standard InChI is InChI=1S/C14H21N3O3/c1-4-14(12(18)19)7-6-8-17(14)13-15-10(3)9-11(16-13)20-5-2/h9H,4-8H2,1-3H3,(H,18,19). The van der Waals surface area contributed by atoms with Gasteiger partial charge in [0.1, 0.15) is 5.54 Å². The van der Waals surface area contributed by atoms with Gasteiger partial charge >= 0.3 is 5.97 Å². The Hall–Kier alpha value is -1.85. The molecule has 0 aromatic carbocycles. The summed E-state index contributed by atoms with van der Waals surface area (Å²) in [7, 11) is 0. The third-order valence-electron chi connectivity index (χ3n) is 3.82. The van der Waals surface area contributed by atoms with E-state index in [-0.39, 0.29) is 0 Å². The third-order valence-corrected chi connectivity index (χ3v) is 3.82. The molecule has 1 N–H and O–H groups in total. The highest BCUT2D eigenvalue weighted by atomic mass is 16.5. The van der Waals surface area contributed by atoms with Crippen molar-refractivity contribution in [3.8, 4) is 5.88 Å². The first-order chi connectivity index (χ1) is 9.53. The summed E-state index contributed by atoms with van der Waals surface area (Å²) in [5.41, 5.74) is -0.113. The van der Waals surface area contributed by atoms with Gasteiger partial charge in [0.15, 0.2) is 0 Å². The molecule has 1 saturated heterocycles. The van der Waals surface area contributed by atoms with Crippen LogP contribution in [0, 0.1) is 6.92 Å². The van der Waals surface area contributed by atoms with Crippen LogP contribution < -0.4 is 9.64 Å². The number of ether oxygens (including phenoxy) is 1. The molecule has 1 unspecified atom stereocenters. The Balaban J connectivity index is 2.41. The van der Waals surface area contributed by atoms with Crippen molar-refractivity contribution >= 4 is 11.9 Å². The molecular weight excluding hydrogens is 258 g/mol. The zero-order valence-electron chi connectivity index (χ0n) is 12.2. The van der Waals surface area contributed by atoms with E-state index >= 15 is 0 Å². The molecular formula is C14H21N3O3. The van der Waals surface area contributed by atoms with Gasteiger partial charge in [-0.05, 0) is 33.1 Å². The van der Waals surface area contributed by atoms with Gasteiger partial charge in [-0.25, -0.2) is 9.78 Å².